The van der Waals surface area contributed by atoms with E-state index < -0.39 is 0 Å². The molecule has 3 aromatic rings. The van der Waals surface area contributed by atoms with E-state index in [1.165, 1.54) is 24.5 Å². The van der Waals surface area contributed by atoms with E-state index in [2.05, 4.69) is 10.6 Å². The van der Waals surface area contributed by atoms with Crippen molar-refractivity contribution in [3.63, 3.8) is 0 Å². The molecule has 0 aliphatic carbocycles. The molecular weight excluding hydrogens is 370 g/mol. The van der Waals surface area contributed by atoms with E-state index in [4.69, 9.17) is 9.72 Å². The van der Waals surface area contributed by atoms with Crippen LogP contribution >= 0.6 is 22.7 Å². The van der Waals surface area contributed by atoms with Crippen molar-refractivity contribution in [1.29, 1.82) is 0 Å². The first-order valence-electron chi connectivity index (χ1n) is 8.19. The first kappa shape index (κ1) is 17.1. The number of methoxy groups -OCH3 is 1. The SMILES string of the molecule is COC(=O)c1ccc2sc(-c3c(NC(C)=O)sc4c3CCNC4)nc2c1. The van der Waals surface area contributed by atoms with Crippen molar-refractivity contribution >= 4 is 49.8 Å². The van der Waals surface area contributed by atoms with Gasteiger partial charge in [-0.3, -0.25) is 4.79 Å². The fraction of sp³-hybridized carbons (Fsp3) is 0.278. The number of fused-ring (bicyclic) bond motifs is 2. The molecule has 8 heteroatoms. The Morgan fingerprint density at radius 1 is 1.31 bits per heavy atom. The molecule has 4 rings (SSSR count). The molecule has 1 aliphatic rings. The maximum atomic E-state index is 11.8. The predicted octanol–water partition coefficient (Wildman–Crippen LogP) is 3.42. The number of carbonyl (C=O) groups excluding carboxylic acids is 2. The van der Waals surface area contributed by atoms with Gasteiger partial charge in [0, 0.05) is 23.9 Å². The van der Waals surface area contributed by atoms with Gasteiger partial charge >= 0.3 is 5.97 Å². The first-order chi connectivity index (χ1) is 12.6. The Kier molecular flexibility index (Phi) is 4.47. The Hall–Kier alpha value is -2.29. The standard InChI is InChI=1S/C18H17N3O3S2/c1-9(22)20-16-15(11-5-6-19-8-14(11)26-16)17-21-12-7-10(18(23)24-2)3-4-13(12)25-17/h3-4,7,19H,5-6,8H2,1-2H3,(H,20,22). The minimum absolute atomic E-state index is 0.0908. The molecule has 1 amide bonds. The molecular formula is C18H17N3O3S2. The van der Waals surface area contributed by atoms with Gasteiger partial charge in [0.15, 0.2) is 0 Å². The average molecular weight is 387 g/mol. The van der Waals surface area contributed by atoms with Gasteiger partial charge in [0.25, 0.3) is 0 Å². The van der Waals surface area contributed by atoms with E-state index in [1.807, 2.05) is 6.07 Å². The maximum Gasteiger partial charge on any atom is 0.337 e. The topological polar surface area (TPSA) is 80.3 Å². The lowest BCUT2D eigenvalue weighted by atomic mass is 10.0. The van der Waals surface area contributed by atoms with Crippen molar-refractivity contribution in [3.05, 3.63) is 34.2 Å². The zero-order chi connectivity index (χ0) is 18.3. The summed E-state index contributed by atoms with van der Waals surface area (Å²) in [6.07, 6.45) is 0.907. The molecule has 0 radical (unpaired) electrons. The molecule has 134 valence electrons. The van der Waals surface area contributed by atoms with Crippen molar-refractivity contribution in [2.45, 2.75) is 19.9 Å². The molecule has 0 fully saturated rings. The van der Waals surface area contributed by atoms with Crippen LogP contribution in [0, 0.1) is 0 Å². The molecule has 0 saturated heterocycles. The molecule has 2 aromatic heterocycles. The second-order valence-electron chi connectivity index (χ2n) is 6.01. The zero-order valence-electron chi connectivity index (χ0n) is 14.3. The highest BCUT2D eigenvalue weighted by Crippen LogP contribution is 2.44. The summed E-state index contributed by atoms with van der Waals surface area (Å²) < 4.78 is 5.78. The van der Waals surface area contributed by atoms with Crippen LogP contribution in [0.5, 0.6) is 0 Å². The minimum Gasteiger partial charge on any atom is -0.465 e. The van der Waals surface area contributed by atoms with Crippen LogP contribution in [-0.4, -0.2) is 30.5 Å². The molecule has 0 bridgehead atoms. The van der Waals surface area contributed by atoms with Crippen LogP contribution in [0.2, 0.25) is 0 Å². The van der Waals surface area contributed by atoms with Crippen LogP contribution in [0.1, 0.15) is 27.7 Å². The second-order valence-corrected chi connectivity index (χ2v) is 8.14. The molecule has 26 heavy (non-hydrogen) atoms. The Morgan fingerprint density at radius 2 is 2.15 bits per heavy atom. The van der Waals surface area contributed by atoms with E-state index in [1.54, 1.807) is 34.8 Å². The molecule has 1 aromatic carbocycles. The highest BCUT2D eigenvalue weighted by Gasteiger charge is 2.24. The van der Waals surface area contributed by atoms with Gasteiger partial charge in [0.05, 0.1) is 22.9 Å². The van der Waals surface area contributed by atoms with Crippen LogP contribution in [0.3, 0.4) is 0 Å². The average Bonchev–Trinajstić information content (AvgIpc) is 3.19. The van der Waals surface area contributed by atoms with Crippen LogP contribution in [-0.2, 0) is 22.5 Å². The van der Waals surface area contributed by atoms with Crippen LogP contribution < -0.4 is 10.6 Å². The van der Waals surface area contributed by atoms with Crippen LogP contribution in [0.15, 0.2) is 18.2 Å². The number of benzene rings is 1. The number of nitrogens with zero attached hydrogens (tertiary/aromatic N) is 1. The zero-order valence-corrected chi connectivity index (χ0v) is 16.0. The van der Waals surface area contributed by atoms with Gasteiger partial charge in [-0.05, 0) is 36.7 Å². The Balaban J connectivity index is 1.85. The number of amides is 1. The normalized spacial score (nSPS) is 13.5. The number of ether oxygens (including phenoxy) is 1. The minimum atomic E-state index is -0.376. The lowest BCUT2D eigenvalue weighted by Gasteiger charge is -2.13. The monoisotopic (exact) mass is 387 g/mol. The lowest BCUT2D eigenvalue weighted by molar-refractivity contribution is -0.114. The summed E-state index contributed by atoms with van der Waals surface area (Å²) in [4.78, 5) is 29.4. The maximum absolute atomic E-state index is 11.8. The molecule has 2 N–H and O–H groups in total. The van der Waals surface area contributed by atoms with E-state index in [0.29, 0.717) is 5.56 Å². The first-order valence-corrected chi connectivity index (χ1v) is 9.82. The number of thiophene rings is 1. The van der Waals surface area contributed by atoms with Crippen molar-refractivity contribution in [1.82, 2.24) is 10.3 Å². The second kappa shape index (κ2) is 6.79. The number of nitrogens with one attached hydrogen (secondary N) is 2. The third-order valence-corrected chi connectivity index (χ3v) is 6.44. The largest absolute Gasteiger partial charge is 0.465 e. The number of hydrogen-bond donors (Lipinski definition) is 2. The quantitative estimate of drug-likeness (QED) is 0.673. The Morgan fingerprint density at radius 3 is 2.92 bits per heavy atom. The molecule has 1 aliphatic heterocycles. The van der Waals surface area contributed by atoms with Gasteiger partial charge in [-0.2, -0.15) is 0 Å². The molecule has 3 heterocycles. The number of thiazole rings is 1. The summed E-state index contributed by atoms with van der Waals surface area (Å²) >= 11 is 3.17. The van der Waals surface area contributed by atoms with Crippen molar-refractivity contribution in [2.75, 3.05) is 19.0 Å². The number of hydrogen-bond acceptors (Lipinski definition) is 7. The summed E-state index contributed by atoms with van der Waals surface area (Å²) in [6, 6.07) is 5.39. The van der Waals surface area contributed by atoms with E-state index in [9.17, 15) is 9.59 Å². The number of anilines is 1. The van der Waals surface area contributed by atoms with Crippen molar-refractivity contribution in [2.24, 2.45) is 0 Å². The fourth-order valence-corrected chi connectivity index (χ4v) is 5.44. The molecule has 0 spiro atoms. The highest BCUT2D eigenvalue weighted by molar-refractivity contribution is 7.23. The highest BCUT2D eigenvalue weighted by atomic mass is 32.1. The molecule has 0 saturated carbocycles. The third-order valence-electron chi connectivity index (χ3n) is 4.24. The van der Waals surface area contributed by atoms with Gasteiger partial charge in [-0.15, -0.1) is 22.7 Å². The third kappa shape index (κ3) is 3.00. The van der Waals surface area contributed by atoms with Crippen molar-refractivity contribution in [3.8, 4) is 10.6 Å². The Labute approximate surface area is 158 Å². The Bertz CT molecular complexity index is 1020. The summed E-state index contributed by atoms with van der Waals surface area (Å²) in [6.45, 7) is 3.24. The molecule has 6 nitrogen and oxygen atoms in total. The fourth-order valence-electron chi connectivity index (χ4n) is 3.09. The number of rotatable bonds is 3. The van der Waals surface area contributed by atoms with Gasteiger partial charge < -0.3 is 15.4 Å². The van der Waals surface area contributed by atoms with Gasteiger partial charge in [0.2, 0.25) is 5.91 Å². The number of aromatic nitrogens is 1. The van der Waals surface area contributed by atoms with E-state index in [0.717, 1.165) is 45.3 Å². The number of carbonyl (C=O) groups is 2. The summed E-state index contributed by atoms with van der Waals surface area (Å²) in [5.74, 6) is -0.466. The predicted molar refractivity (Wildman–Crippen MR) is 104 cm³/mol. The van der Waals surface area contributed by atoms with Gasteiger partial charge in [0.1, 0.15) is 10.0 Å². The molecule has 0 unspecified atom stereocenters. The van der Waals surface area contributed by atoms with E-state index in [-0.39, 0.29) is 11.9 Å². The van der Waals surface area contributed by atoms with Gasteiger partial charge in [-0.25, -0.2) is 9.78 Å². The lowest BCUT2D eigenvalue weighted by Crippen LogP contribution is -2.22. The van der Waals surface area contributed by atoms with Crippen molar-refractivity contribution < 1.29 is 14.3 Å². The summed E-state index contributed by atoms with van der Waals surface area (Å²) in [7, 11) is 1.37. The summed E-state index contributed by atoms with van der Waals surface area (Å²) in [5.41, 5.74) is 3.51. The smallest absolute Gasteiger partial charge is 0.337 e. The van der Waals surface area contributed by atoms with Crippen LogP contribution in [0.25, 0.3) is 20.8 Å². The van der Waals surface area contributed by atoms with E-state index >= 15 is 0 Å². The van der Waals surface area contributed by atoms with Crippen LogP contribution in [0.4, 0.5) is 5.00 Å². The summed E-state index contributed by atoms with van der Waals surface area (Å²) in [5, 5.41) is 8.04. The van der Waals surface area contributed by atoms with Gasteiger partial charge in [-0.1, -0.05) is 0 Å². The molecule has 0 atom stereocenters. The number of esters is 1.